The van der Waals surface area contributed by atoms with E-state index in [1.807, 2.05) is 0 Å². The maximum Gasteiger partial charge on any atom is 0.340 e. The highest BCUT2D eigenvalue weighted by Crippen LogP contribution is 2.21. The van der Waals surface area contributed by atoms with Crippen LogP contribution in [-0.4, -0.2) is 26.4 Å². The van der Waals surface area contributed by atoms with Crippen molar-refractivity contribution < 1.29 is 27.1 Å². The third-order valence-electron chi connectivity index (χ3n) is 3.25. The summed E-state index contributed by atoms with van der Waals surface area (Å²) in [5.41, 5.74) is 0.0631. The number of benzene rings is 2. The Balaban J connectivity index is 2.11. The van der Waals surface area contributed by atoms with Crippen molar-refractivity contribution in [3.8, 4) is 0 Å². The SMILES string of the molecule is C[C@@H](OC(=O)c1cc(S(N)(=O)=O)ccc1Cl)C(=O)Nc1ccc(F)cc1. The number of esters is 1. The van der Waals surface area contributed by atoms with Crippen LogP contribution in [0, 0.1) is 5.82 Å². The highest BCUT2D eigenvalue weighted by molar-refractivity contribution is 7.89. The van der Waals surface area contributed by atoms with Crippen LogP contribution in [0.15, 0.2) is 47.4 Å². The molecule has 2 aromatic carbocycles. The van der Waals surface area contributed by atoms with Crippen molar-refractivity contribution in [1.29, 1.82) is 0 Å². The Morgan fingerprint density at radius 1 is 1.19 bits per heavy atom. The highest BCUT2D eigenvalue weighted by Gasteiger charge is 2.22. The standard InChI is InChI=1S/C16H14ClFN2O5S/c1-9(15(21)20-11-4-2-10(18)3-5-11)25-16(22)13-8-12(26(19,23)24)6-7-14(13)17/h2-9H,1H3,(H,20,21)(H2,19,23,24)/t9-/m1/s1. The lowest BCUT2D eigenvalue weighted by Gasteiger charge is -2.14. The van der Waals surface area contributed by atoms with Gasteiger partial charge in [0.1, 0.15) is 5.82 Å². The van der Waals surface area contributed by atoms with E-state index in [4.69, 9.17) is 21.5 Å². The minimum absolute atomic E-state index is 0.0615. The van der Waals surface area contributed by atoms with Gasteiger partial charge in [0.05, 0.1) is 15.5 Å². The van der Waals surface area contributed by atoms with Crippen molar-refractivity contribution in [2.45, 2.75) is 17.9 Å². The van der Waals surface area contributed by atoms with E-state index in [-0.39, 0.29) is 15.5 Å². The fourth-order valence-corrected chi connectivity index (χ4v) is 2.63. The fraction of sp³-hybridized carbons (Fsp3) is 0.125. The molecule has 0 aromatic heterocycles. The Morgan fingerprint density at radius 3 is 2.38 bits per heavy atom. The van der Waals surface area contributed by atoms with E-state index in [0.717, 1.165) is 24.3 Å². The minimum atomic E-state index is -4.04. The van der Waals surface area contributed by atoms with Gasteiger partial charge in [0, 0.05) is 5.69 Å². The van der Waals surface area contributed by atoms with E-state index in [9.17, 15) is 22.4 Å². The lowest BCUT2D eigenvalue weighted by atomic mass is 10.2. The molecule has 0 fully saturated rings. The van der Waals surface area contributed by atoms with Gasteiger partial charge in [-0.1, -0.05) is 11.6 Å². The first kappa shape index (κ1) is 19.8. The van der Waals surface area contributed by atoms with Gasteiger partial charge in [-0.3, -0.25) is 4.79 Å². The summed E-state index contributed by atoms with van der Waals surface area (Å²) < 4.78 is 40.6. The molecule has 26 heavy (non-hydrogen) atoms. The van der Waals surface area contributed by atoms with Crippen LogP contribution >= 0.6 is 11.6 Å². The van der Waals surface area contributed by atoms with Crippen molar-refractivity contribution in [2.75, 3.05) is 5.32 Å². The van der Waals surface area contributed by atoms with Gasteiger partial charge < -0.3 is 10.1 Å². The zero-order valence-corrected chi connectivity index (χ0v) is 15.0. The summed E-state index contributed by atoms with van der Waals surface area (Å²) in [6.07, 6.45) is -1.22. The number of anilines is 1. The summed E-state index contributed by atoms with van der Waals surface area (Å²) in [6, 6.07) is 8.28. The third kappa shape index (κ3) is 5.01. The highest BCUT2D eigenvalue weighted by atomic mass is 35.5. The molecule has 1 atom stereocenters. The monoisotopic (exact) mass is 400 g/mol. The molecule has 0 unspecified atom stereocenters. The smallest absolute Gasteiger partial charge is 0.340 e. The Morgan fingerprint density at radius 2 is 1.81 bits per heavy atom. The van der Waals surface area contributed by atoms with Crippen LogP contribution < -0.4 is 10.5 Å². The number of nitrogens with one attached hydrogen (secondary N) is 1. The van der Waals surface area contributed by atoms with Crippen LogP contribution in [0.3, 0.4) is 0 Å². The number of amides is 1. The Kier molecular flexibility index (Phi) is 5.96. The van der Waals surface area contributed by atoms with Crippen molar-refractivity contribution in [2.24, 2.45) is 5.14 Å². The average Bonchev–Trinajstić information content (AvgIpc) is 2.56. The lowest BCUT2D eigenvalue weighted by Crippen LogP contribution is -2.30. The maximum atomic E-state index is 12.9. The summed E-state index contributed by atoms with van der Waals surface area (Å²) >= 11 is 5.88. The minimum Gasteiger partial charge on any atom is -0.449 e. The Hall–Kier alpha value is -2.49. The van der Waals surface area contributed by atoms with Gasteiger partial charge in [-0.2, -0.15) is 0 Å². The first-order chi connectivity index (χ1) is 12.1. The number of halogens is 2. The van der Waals surface area contributed by atoms with Gasteiger partial charge in [-0.05, 0) is 49.4 Å². The topological polar surface area (TPSA) is 116 Å². The number of carbonyl (C=O) groups excluding carboxylic acids is 2. The molecule has 0 bridgehead atoms. The number of hydrogen-bond acceptors (Lipinski definition) is 5. The Labute approximate surface area is 154 Å². The predicted octanol–water partition coefficient (Wildman–Crippen LogP) is 2.31. The number of nitrogens with two attached hydrogens (primary N) is 1. The fourth-order valence-electron chi connectivity index (χ4n) is 1.89. The molecule has 0 heterocycles. The maximum absolute atomic E-state index is 12.9. The number of rotatable bonds is 5. The second kappa shape index (κ2) is 7.81. The lowest BCUT2D eigenvalue weighted by molar-refractivity contribution is -0.123. The molecule has 2 aromatic rings. The van der Waals surface area contributed by atoms with Gasteiger partial charge in [0.25, 0.3) is 5.91 Å². The van der Waals surface area contributed by atoms with Gasteiger partial charge in [0.15, 0.2) is 6.10 Å². The predicted molar refractivity (Wildman–Crippen MR) is 92.7 cm³/mol. The average molecular weight is 401 g/mol. The molecule has 0 spiro atoms. The second-order valence-corrected chi connectivity index (χ2v) is 7.20. The van der Waals surface area contributed by atoms with Crippen molar-refractivity contribution >= 4 is 39.2 Å². The van der Waals surface area contributed by atoms with E-state index < -0.39 is 33.8 Å². The summed E-state index contributed by atoms with van der Waals surface area (Å²) in [5.74, 6) is -2.13. The van der Waals surface area contributed by atoms with Gasteiger partial charge in [-0.25, -0.2) is 22.7 Å². The number of hydrogen-bond donors (Lipinski definition) is 2. The molecule has 0 aliphatic carbocycles. The Bertz CT molecular complexity index is 948. The normalized spacial score (nSPS) is 12.3. The first-order valence-electron chi connectivity index (χ1n) is 7.17. The number of sulfonamides is 1. The van der Waals surface area contributed by atoms with Crippen LogP contribution in [0.1, 0.15) is 17.3 Å². The molecule has 0 radical (unpaired) electrons. The number of carbonyl (C=O) groups is 2. The molecule has 0 saturated heterocycles. The molecule has 3 N–H and O–H groups in total. The van der Waals surface area contributed by atoms with E-state index in [2.05, 4.69) is 5.32 Å². The molecule has 0 saturated carbocycles. The molecular weight excluding hydrogens is 387 g/mol. The van der Waals surface area contributed by atoms with Crippen molar-refractivity contribution in [1.82, 2.24) is 0 Å². The van der Waals surface area contributed by atoms with E-state index >= 15 is 0 Å². The zero-order chi connectivity index (χ0) is 19.5. The van der Waals surface area contributed by atoms with E-state index in [1.165, 1.54) is 25.1 Å². The van der Waals surface area contributed by atoms with Gasteiger partial charge in [-0.15, -0.1) is 0 Å². The summed E-state index contributed by atoms with van der Waals surface area (Å²) in [5, 5.41) is 7.39. The summed E-state index contributed by atoms with van der Waals surface area (Å²) in [7, 11) is -4.04. The molecule has 2 rings (SSSR count). The van der Waals surface area contributed by atoms with Crippen LogP contribution in [0.5, 0.6) is 0 Å². The second-order valence-electron chi connectivity index (χ2n) is 5.23. The van der Waals surface area contributed by atoms with Crippen LogP contribution in [0.2, 0.25) is 5.02 Å². The molecule has 138 valence electrons. The molecule has 0 aliphatic rings. The van der Waals surface area contributed by atoms with E-state index in [0.29, 0.717) is 5.69 Å². The van der Waals surface area contributed by atoms with Crippen LogP contribution in [0.25, 0.3) is 0 Å². The largest absolute Gasteiger partial charge is 0.449 e. The molecule has 10 heteroatoms. The molecular formula is C16H14ClFN2O5S. The molecule has 7 nitrogen and oxygen atoms in total. The summed E-state index contributed by atoms with van der Waals surface area (Å²) in [4.78, 5) is 23.9. The van der Waals surface area contributed by atoms with E-state index in [1.54, 1.807) is 0 Å². The molecule has 0 aliphatic heterocycles. The quantitative estimate of drug-likeness (QED) is 0.747. The van der Waals surface area contributed by atoms with Gasteiger partial charge >= 0.3 is 5.97 Å². The van der Waals surface area contributed by atoms with Crippen LogP contribution in [0.4, 0.5) is 10.1 Å². The van der Waals surface area contributed by atoms with Crippen molar-refractivity contribution in [3.63, 3.8) is 0 Å². The van der Waals surface area contributed by atoms with Crippen LogP contribution in [-0.2, 0) is 19.6 Å². The zero-order valence-electron chi connectivity index (χ0n) is 13.4. The first-order valence-corrected chi connectivity index (χ1v) is 9.10. The summed E-state index contributed by atoms with van der Waals surface area (Å²) in [6.45, 7) is 1.31. The van der Waals surface area contributed by atoms with Crippen molar-refractivity contribution in [3.05, 3.63) is 58.9 Å². The third-order valence-corrected chi connectivity index (χ3v) is 4.49. The van der Waals surface area contributed by atoms with Gasteiger partial charge in [0.2, 0.25) is 10.0 Å². The number of primary sulfonamides is 1. The number of ether oxygens (including phenoxy) is 1. The molecule has 1 amide bonds.